The topological polar surface area (TPSA) is 99.3 Å². The van der Waals surface area contributed by atoms with Crippen LogP contribution in [0, 0.1) is 10.8 Å². The summed E-state index contributed by atoms with van der Waals surface area (Å²) in [5, 5.41) is 21.4. The Balaban J connectivity index is 2.18. The number of benzene rings is 1. The lowest BCUT2D eigenvalue weighted by molar-refractivity contribution is -0.118. The Labute approximate surface area is 215 Å². The average Bonchev–Trinajstić information content (AvgIpc) is 2.73. The first-order chi connectivity index (χ1) is 16.9. The predicted octanol–water partition coefficient (Wildman–Crippen LogP) is 7.83. The zero-order chi connectivity index (χ0) is 26.7. The molecule has 0 atom stereocenters. The lowest BCUT2D eigenvalue weighted by Crippen LogP contribution is -2.32. The molecule has 0 amide bonds. The third-order valence-electron chi connectivity index (χ3n) is 6.65. The van der Waals surface area contributed by atoms with Crippen LogP contribution in [-0.2, 0) is 9.59 Å². The van der Waals surface area contributed by atoms with Crippen LogP contribution in [0.1, 0.15) is 92.9 Å². The third kappa shape index (κ3) is 6.40. The summed E-state index contributed by atoms with van der Waals surface area (Å²) < 4.78 is 0. The highest BCUT2D eigenvalue weighted by atomic mass is 16.3. The van der Waals surface area contributed by atoms with Crippen molar-refractivity contribution in [3.05, 3.63) is 46.9 Å². The van der Waals surface area contributed by atoms with E-state index >= 15 is 0 Å². The highest BCUT2D eigenvalue weighted by molar-refractivity contribution is 6.26. The zero-order valence-electron chi connectivity index (χ0n) is 22.6. The highest BCUT2D eigenvalue weighted by Gasteiger charge is 2.37. The number of para-hydroxylation sites is 2. The number of rotatable bonds is 6. The van der Waals surface area contributed by atoms with Crippen LogP contribution < -0.4 is 0 Å². The van der Waals surface area contributed by atoms with Gasteiger partial charge in [-0.05, 0) is 48.6 Å². The van der Waals surface area contributed by atoms with Crippen molar-refractivity contribution in [3.63, 3.8) is 0 Å². The van der Waals surface area contributed by atoms with Gasteiger partial charge in [0.2, 0.25) is 0 Å². The molecule has 2 saturated carbocycles. The molecule has 0 saturated heterocycles. The molecular weight excluding hydrogens is 452 g/mol. The van der Waals surface area contributed by atoms with Crippen molar-refractivity contribution >= 4 is 34.4 Å². The lowest BCUT2D eigenvalue weighted by atomic mass is 9.73. The maximum atomic E-state index is 13.0. The van der Waals surface area contributed by atoms with Crippen LogP contribution >= 0.6 is 0 Å². The first-order valence-corrected chi connectivity index (χ1v) is 13.0. The Bertz CT molecular complexity index is 1070. The lowest BCUT2D eigenvalue weighted by Gasteiger charge is -2.32. The van der Waals surface area contributed by atoms with Gasteiger partial charge in [-0.1, -0.05) is 53.7 Å². The minimum atomic E-state index is -0.269. The summed E-state index contributed by atoms with van der Waals surface area (Å²) in [6, 6.07) is 7.38. The van der Waals surface area contributed by atoms with Gasteiger partial charge in [-0.3, -0.25) is 19.6 Å². The van der Waals surface area contributed by atoms with Gasteiger partial charge in [-0.25, -0.2) is 0 Å². The Morgan fingerprint density at radius 2 is 1.08 bits per heavy atom. The number of aliphatic imine (C=N–C) groups is 2. The Kier molecular flexibility index (Phi) is 8.37. The van der Waals surface area contributed by atoms with Gasteiger partial charge in [0.1, 0.15) is 11.5 Å². The second kappa shape index (κ2) is 10.9. The third-order valence-corrected chi connectivity index (χ3v) is 6.65. The fourth-order valence-electron chi connectivity index (χ4n) is 5.09. The number of carbonyl (C=O) groups is 2. The molecule has 2 aliphatic rings. The first kappa shape index (κ1) is 27.6. The molecule has 0 heterocycles. The van der Waals surface area contributed by atoms with E-state index in [1.54, 1.807) is 0 Å². The Morgan fingerprint density at radius 3 is 1.42 bits per heavy atom. The molecule has 2 fully saturated rings. The number of nitrogens with zero attached hydrogens (tertiary/aromatic N) is 2. The van der Waals surface area contributed by atoms with Crippen LogP contribution in [0.3, 0.4) is 0 Å². The van der Waals surface area contributed by atoms with Crippen molar-refractivity contribution in [2.24, 2.45) is 20.8 Å². The van der Waals surface area contributed by atoms with Crippen LogP contribution in [0.15, 0.2) is 56.9 Å². The first-order valence-electron chi connectivity index (χ1n) is 13.0. The monoisotopic (exact) mass is 492 g/mol. The van der Waals surface area contributed by atoms with E-state index < -0.39 is 0 Å². The predicted molar refractivity (Wildman–Crippen MR) is 146 cm³/mol. The number of allylic oxidation sites excluding steroid dienone is 4. The van der Waals surface area contributed by atoms with E-state index in [1.165, 1.54) is 0 Å². The van der Waals surface area contributed by atoms with Crippen molar-refractivity contribution < 1.29 is 19.8 Å². The number of aliphatic hydroxyl groups excluding tert-OH is 2. The zero-order valence-corrected chi connectivity index (χ0v) is 22.6. The molecule has 3 rings (SSSR count). The van der Waals surface area contributed by atoms with E-state index in [0.717, 1.165) is 12.8 Å². The van der Waals surface area contributed by atoms with Crippen molar-refractivity contribution in [3.8, 4) is 0 Å². The summed E-state index contributed by atoms with van der Waals surface area (Å²) >= 11 is 0. The molecule has 0 radical (unpaired) electrons. The molecular formula is C30H40N2O4. The molecule has 2 N–H and O–H groups in total. The van der Waals surface area contributed by atoms with Gasteiger partial charge < -0.3 is 10.2 Å². The van der Waals surface area contributed by atoms with Crippen molar-refractivity contribution in [2.45, 2.75) is 92.9 Å². The van der Waals surface area contributed by atoms with Crippen LogP contribution in [0.5, 0.6) is 0 Å². The fourth-order valence-corrected chi connectivity index (χ4v) is 5.09. The molecule has 1 aromatic rings. The quantitative estimate of drug-likeness (QED) is 0.312. The average molecular weight is 493 g/mol. The molecule has 1 aromatic carbocycles. The number of carbonyl (C=O) groups excluding carboxylic acids is 2. The summed E-state index contributed by atoms with van der Waals surface area (Å²) in [5.74, 6) is 0.00733. The molecule has 0 aliphatic heterocycles. The van der Waals surface area contributed by atoms with Crippen molar-refractivity contribution in [1.82, 2.24) is 0 Å². The van der Waals surface area contributed by atoms with E-state index in [2.05, 4.69) is 0 Å². The smallest absolute Gasteiger partial charge is 0.168 e. The van der Waals surface area contributed by atoms with Crippen LogP contribution in [0.25, 0.3) is 0 Å². The molecule has 0 bridgehead atoms. The van der Waals surface area contributed by atoms with Gasteiger partial charge in [-0.15, -0.1) is 0 Å². The molecule has 0 aromatic heterocycles. The normalized spacial score (nSPS) is 24.8. The van der Waals surface area contributed by atoms with E-state index in [9.17, 15) is 19.8 Å². The van der Waals surface area contributed by atoms with E-state index in [-0.39, 0.29) is 33.9 Å². The second-order valence-electron chi connectivity index (χ2n) is 11.6. The van der Waals surface area contributed by atoms with E-state index in [0.29, 0.717) is 72.5 Å². The Morgan fingerprint density at radius 1 is 0.722 bits per heavy atom. The number of ketones is 2. The molecule has 2 aliphatic carbocycles. The van der Waals surface area contributed by atoms with Crippen molar-refractivity contribution in [1.29, 1.82) is 0 Å². The largest absolute Gasteiger partial charge is 0.511 e. The number of hydrogen-bond acceptors (Lipinski definition) is 6. The summed E-state index contributed by atoms with van der Waals surface area (Å²) in [7, 11) is 0. The summed E-state index contributed by atoms with van der Waals surface area (Å²) in [4.78, 5) is 35.8. The second-order valence-corrected chi connectivity index (χ2v) is 11.6. The number of Topliss-reactive ketones (excluding diaryl/α,β-unsaturated/α-hetero) is 2. The highest BCUT2D eigenvalue weighted by Crippen LogP contribution is 2.40. The van der Waals surface area contributed by atoms with Crippen LogP contribution in [0.2, 0.25) is 0 Å². The molecule has 6 heteroatoms. The fraction of sp³-hybridized carbons (Fsp3) is 0.533. The SMILES string of the molecule is CCC/C(O)=C1/C(=O)CC(C)(C)CC1=Nc1ccccc1N=C1CC(C)(C)CC(=O)/C1=C(/O)CCC. The summed E-state index contributed by atoms with van der Waals surface area (Å²) in [5.41, 5.74) is 2.39. The minimum Gasteiger partial charge on any atom is -0.511 e. The number of aliphatic hydroxyl groups is 2. The van der Waals surface area contributed by atoms with Crippen molar-refractivity contribution in [2.75, 3.05) is 0 Å². The summed E-state index contributed by atoms with van der Waals surface area (Å²) in [6.45, 7) is 12.0. The molecule has 6 nitrogen and oxygen atoms in total. The molecule has 0 unspecified atom stereocenters. The van der Waals surface area contributed by atoms with E-state index in [4.69, 9.17) is 9.98 Å². The van der Waals surface area contributed by atoms with E-state index in [1.807, 2.05) is 65.8 Å². The number of hydrogen-bond donors (Lipinski definition) is 2. The molecule has 0 spiro atoms. The molecule has 36 heavy (non-hydrogen) atoms. The van der Waals surface area contributed by atoms with Gasteiger partial charge in [0, 0.05) is 25.7 Å². The standard InChI is InChI=1S/C30H40N2O4/c1-7-11-23(33)27-21(15-29(3,4)17-25(27)35)31-19-13-9-10-14-20(19)32-22-16-30(5,6)18-26(36)28(22)24(34)12-8-2/h9-10,13-14,33-34H,7-8,11-12,15-18H2,1-6H3/b27-23-,28-24+,31-21?,32-22?. The van der Waals surface area contributed by atoms with Gasteiger partial charge in [0.15, 0.2) is 11.6 Å². The van der Waals surface area contributed by atoms with Gasteiger partial charge in [0.05, 0.1) is 33.9 Å². The molecule has 194 valence electrons. The minimum absolute atomic E-state index is 0.0888. The van der Waals surface area contributed by atoms with Crippen LogP contribution in [0.4, 0.5) is 11.4 Å². The summed E-state index contributed by atoms with van der Waals surface area (Å²) in [6.07, 6.45) is 4.14. The maximum Gasteiger partial charge on any atom is 0.168 e. The van der Waals surface area contributed by atoms with Crippen LogP contribution in [-0.4, -0.2) is 33.2 Å². The Hall–Kier alpha value is -3.02. The van der Waals surface area contributed by atoms with Gasteiger partial charge in [-0.2, -0.15) is 0 Å². The van der Waals surface area contributed by atoms with Gasteiger partial charge >= 0.3 is 0 Å². The maximum absolute atomic E-state index is 13.0. The van der Waals surface area contributed by atoms with Gasteiger partial charge in [0.25, 0.3) is 0 Å².